The molecule has 4 rings (SSSR count). The van der Waals surface area contributed by atoms with E-state index in [9.17, 15) is 4.79 Å². The number of carbonyl (C=O) groups excluding carboxylic acids is 1. The molecule has 3 aromatic carbocycles. The summed E-state index contributed by atoms with van der Waals surface area (Å²) in [4.78, 5) is 15.5. The van der Waals surface area contributed by atoms with Gasteiger partial charge < -0.3 is 19.1 Å². The third kappa shape index (κ3) is 4.48. The lowest BCUT2D eigenvalue weighted by molar-refractivity contribution is -0.145. The molecule has 166 valence electrons. The number of fused-ring (bicyclic) bond motifs is 1. The van der Waals surface area contributed by atoms with Crippen LogP contribution in [0.5, 0.6) is 11.5 Å². The Morgan fingerprint density at radius 3 is 2.25 bits per heavy atom. The highest BCUT2D eigenvalue weighted by atomic mass is 16.5. The summed E-state index contributed by atoms with van der Waals surface area (Å²) >= 11 is 0. The molecule has 5 heteroatoms. The minimum Gasteiger partial charge on any atom is -0.493 e. The van der Waals surface area contributed by atoms with E-state index >= 15 is 0 Å². The first-order chi connectivity index (χ1) is 15.6. The second-order valence-corrected chi connectivity index (χ2v) is 7.94. The Balaban J connectivity index is 1.65. The fraction of sp³-hybridized carbons (Fsp3) is 0.296. The highest BCUT2D eigenvalue weighted by Gasteiger charge is 2.35. The summed E-state index contributed by atoms with van der Waals surface area (Å²) < 4.78 is 17.0. The molecular weight excluding hydrogens is 402 g/mol. The van der Waals surface area contributed by atoms with Gasteiger partial charge in [0, 0.05) is 6.54 Å². The standard InChI is InChI=1S/C27H29NO4/c1-19(32-18-20-10-6-4-7-11-20)27(29)28-15-14-22-16-24(30-2)25(31-3)17-23(22)26(28)21-12-8-5-9-13-21/h4-13,16-17,19,26H,14-15,18H2,1-3H3. The van der Waals surface area contributed by atoms with Crippen molar-refractivity contribution in [2.24, 2.45) is 0 Å². The van der Waals surface area contributed by atoms with E-state index in [4.69, 9.17) is 14.2 Å². The maximum Gasteiger partial charge on any atom is 0.252 e. The average Bonchev–Trinajstić information content (AvgIpc) is 2.86. The van der Waals surface area contributed by atoms with Crippen LogP contribution in [0.1, 0.15) is 35.2 Å². The molecule has 0 N–H and O–H groups in total. The van der Waals surface area contributed by atoms with Crippen molar-refractivity contribution in [1.29, 1.82) is 0 Å². The molecule has 0 saturated heterocycles. The van der Waals surface area contributed by atoms with Crippen molar-refractivity contribution in [3.05, 3.63) is 95.1 Å². The SMILES string of the molecule is COc1cc2c(cc1OC)C(c1ccccc1)N(C(=O)C(C)OCc1ccccc1)CC2. The van der Waals surface area contributed by atoms with Gasteiger partial charge in [0.25, 0.3) is 5.91 Å². The van der Waals surface area contributed by atoms with Crippen molar-refractivity contribution < 1.29 is 19.0 Å². The van der Waals surface area contributed by atoms with Gasteiger partial charge in [0.05, 0.1) is 26.9 Å². The first-order valence-corrected chi connectivity index (χ1v) is 10.9. The van der Waals surface area contributed by atoms with Gasteiger partial charge in [-0.25, -0.2) is 0 Å². The second kappa shape index (κ2) is 9.88. The zero-order valence-electron chi connectivity index (χ0n) is 18.8. The lowest BCUT2D eigenvalue weighted by Crippen LogP contribution is -2.45. The number of benzene rings is 3. The van der Waals surface area contributed by atoms with Crippen LogP contribution < -0.4 is 9.47 Å². The molecule has 0 radical (unpaired) electrons. The molecule has 0 aromatic heterocycles. The summed E-state index contributed by atoms with van der Waals surface area (Å²) in [5.74, 6) is 1.35. The van der Waals surface area contributed by atoms with E-state index in [1.54, 1.807) is 14.2 Å². The van der Waals surface area contributed by atoms with E-state index in [0.717, 1.165) is 23.1 Å². The van der Waals surface area contributed by atoms with Gasteiger partial charge in [-0.3, -0.25) is 4.79 Å². The summed E-state index contributed by atoms with van der Waals surface area (Å²) in [6.07, 6.45) is 0.194. The quantitative estimate of drug-likeness (QED) is 0.540. The number of hydrogen-bond donors (Lipinski definition) is 0. The van der Waals surface area contributed by atoms with Crippen molar-refractivity contribution in [2.45, 2.75) is 32.1 Å². The molecule has 1 heterocycles. The molecule has 0 saturated carbocycles. The highest BCUT2D eigenvalue weighted by Crippen LogP contribution is 2.41. The summed E-state index contributed by atoms with van der Waals surface area (Å²) in [7, 11) is 3.27. The van der Waals surface area contributed by atoms with Crippen LogP contribution in [0.4, 0.5) is 0 Å². The van der Waals surface area contributed by atoms with Crippen molar-refractivity contribution in [3.8, 4) is 11.5 Å². The van der Waals surface area contributed by atoms with Crippen molar-refractivity contribution in [1.82, 2.24) is 4.90 Å². The van der Waals surface area contributed by atoms with E-state index in [0.29, 0.717) is 24.7 Å². The minimum atomic E-state index is -0.553. The topological polar surface area (TPSA) is 48.0 Å². The molecule has 0 aliphatic carbocycles. The zero-order chi connectivity index (χ0) is 22.5. The Morgan fingerprint density at radius 2 is 1.59 bits per heavy atom. The first kappa shape index (κ1) is 21.9. The maximum atomic E-state index is 13.5. The van der Waals surface area contributed by atoms with E-state index in [-0.39, 0.29) is 11.9 Å². The van der Waals surface area contributed by atoms with Crippen LogP contribution in [0, 0.1) is 0 Å². The van der Waals surface area contributed by atoms with Crippen molar-refractivity contribution in [3.63, 3.8) is 0 Å². The van der Waals surface area contributed by atoms with Crippen LogP contribution in [0.3, 0.4) is 0 Å². The second-order valence-electron chi connectivity index (χ2n) is 7.94. The Bertz CT molecular complexity index is 1050. The zero-order valence-corrected chi connectivity index (χ0v) is 18.8. The van der Waals surface area contributed by atoms with E-state index < -0.39 is 6.10 Å². The van der Waals surface area contributed by atoms with E-state index in [1.807, 2.05) is 72.5 Å². The first-order valence-electron chi connectivity index (χ1n) is 10.9. The Kier molecular flexibility index (Phi) is 6.76. The molecule has 3 aromatic rings. The molecule has 1 aliphatic rings. The monoisotopic (exact) mass is 431 g/mol. The molecule has 5 nitrogen and oxygen atoms in total. The molecule has 32 heavy (non-hydrogen) atoms. The van der Waals surface area contributed by atoms with Crippen molar-refractivity contribution >= 4 is 5.91 Å². The van der Waals surface area contributed by atoms with Crippen LogP contribution in [-0.2, 0) is 22.6 Å². The molecule has 0 spiro atoms. The number of methoxy groups -OCH3 is 2. The molecular formula is C27H29NO4. The third-order valence-corrected chi connectivity index (χ3v) is 5.96. The summed E-state index contributed by atoms with van der Waals surface area (Å²) in [6, 6.07) is 23.8. The average molecular weight is 432 g/mol. The number of ether oxygens (including phenoxy) is 3. The summed E-state index contributed by atoms with van der Waals surface area (Å²) in [6.45, 7) is 2.84. The van der Waals surface area contributed by atoms with Crippen LogP contribution in [0.25, 0.3) is 0 Å². The molecule has 2 atom stereocenters. The van der Waals surface area contributed by atoms with Gasteiger partial charge in [0.2, 0.25) is 0 Å². The molecule has 1 amide bonds. The normalized spacial score (nSPS) is 16.2. The van der Waals surface area contributed by atoms with Crippen LogP contribution in [0.15, 0.2) is 72.8 Å². The number of amides is 1. The fourth-order valence-corrected chi connectivity index (χ4v) is 4.28. The molecule has 2 unspecified atom stereocenters. The highest BCUT2D eigenvalue weighted by molar-refractivity contribution is 5.82. The Morgan fingerprint density at radius 1 is 0.969 bits per heavy atom. The van der Waals surface area contributed by atoms with Crippen LogP contribution >= 0.6 is 0 Å². The number of rotatable bonds is 7. The van der Waals surface area contributed by atoms with Gasteiger partial charge in [-0.05, 0) is 47.7 Å². The summed E-state index contributed by atoms with van der Waals surface area (Å²) in [5.41, 5.74) is 4.33. The van der Waals surface area contributed by atoms with E-state index in [2.05, 4.69) is 12.1 Å². The lowest BCUT2D eigenvalue weighted by Gasteiger charge is -2.39. The van der Waals surface area contributed by atoms with Gasteiger partial charge in [-0.15, -0.1) is 0 Å². The fourth-order valence-electron chi connectivity index (χ4n) is 4.28. The molecule has 1 aliphatic heterocycles. The largest absolute Gasteiger partial charge is 0.493 e. The predicted octanol–water partition coefficient (Wildman–Crippen LogP) is 4.78. The molecule has 0 fully saturated rings. The molecule has 0 bridgehead atoms. The Labute approximate surface area is 189 Å². The minimum absolute atomic E-state index is 0.0183. The summed E-state index contributed by atoms with van der Waals surface area (Å²) in [5, 5.41) is 0. The number of carbonyl (C=O) groups is 1. The van der Waals surface area contributed by atoms with Crippen LogP contribution in [0.2, 0.25) is 0 Å². The van der Waals surface area contributed by atoms with Crippen molar-refractivity contribution in [2.75, 3.05) is 20.8 Å². The number of nitrogens with zero attached hydrogens (tertiary/aromatic N) is 1. The van der Waals surface area contributed by atoms with Gasteiger partial charge in [-0.1, -0.05) is 60.7 Å². The maximum absolute atomic E-state index is 13.5. The third-order valence-electron chi connectivity index (χ3n) is 5.96. The van der Waals surface area contributed by atoms with Gasteiger partial charge in [0.1, 0.15) is 6.10 Å². The van der Waals surface area contributed by atoms with E-state index in [1.165, 1.54) is 5.56 Å². The smallest absolute Gasteiger partial charge is 0.252 e. The van der Waals surface area contributed by atoms with Crippen LogP contribution in [-0.4, -0.2) is 37.7 Å². The van der Waals surface area contributed by atoms with Gasteiger partial charge >= 0.3 is 0 Å². The predicted molar refractivity (Wildman–Crippen MR) is 124 cm³/mol. The van der Waals surface area contributed by atoms with Gasteiger partial charge in [-0.2, -0.15) is 0 Å². The number of hydrogen-bond acceptors (Lipinski definition) is 4. The Hall–Kier alpha value is -3.31. The van der Waals surface area contributed by atoms with Gasteiger partial charge in [0.15, 0.2) is 11.5 Å². The lowest BCUT2D eigenvalue weighted by atomic mass is 9.87.